The Kier molecular flexibility index (Phi) is 6.86. The second-order valence-electron chi connectivity index (χ2n) is 9.07. The van der Waals surface area contributed by atoms with E-state index in [4.69, 9.17) is 9.73 Å². The second-order valence-corrected chi connectivity index (χ2v) is 9.07. The van der Waals surface area contributed by atoms with Crippen molar-refractivity contribution in [3.05, 3.63) is 24.3 Å². The Hall–Kier alpha value is -2.77. The summed E-state index contributed by atoms with van der Waals surface area (Å²) in [5.74, 6) is 0.592. The van der Waals surface area contributed by atoms with Crippen LogP contribution in [0.25, 0.3) is 0 Å². The molecule has 2 amide bonds. The second kappa shape index (κ2) is 9.79. The first-order valence-corrected chi connectivity index (χ1v) is 12.0. The Morgan fingerprint density at radius 1 is 1.22 bits per heavy atom. The number of benzene rings is 1. The number of nitrogens with one attached hydrogen (secondary N) is 3. The third-order valence-electron chi connectivity index (χ3n) is 6.79. The van der Waals surface area contributed by atoms with E-state index >= 15 is 0 Å². The summed E-state index contributed by atoms with van der Waals surface area (Å²) in [6.07, 6.45) is 7.69. The fraction of sp³-hybridized carbons (Fsp3) is 0.625. The molecule has 1 spiro atoms. The summed E-state index contributed by atoms with van der Waals surface area (Å²) < 4.78 is 5.00. The fourth-order valence-electron chi connectivity index (χ4n) is 4.89. The molecule has 1 aromatic carbocycles. The number of hydrogen-bond donors (Lipinski definition) is 3. The van der Waals surface area contributed by atoms with E-state index in [-0.39, 0.29) is 11.6 Å². The molecule has 3 aliphatic rings. The van der Waals surface area contributed by atoms with Crippen molar-refractivity contribution in [3.8, 4) is 0 Å². The summed E-state index contributed by atoms with van der Waals surface area (Å²) in [7, 11) is 0. The first-order valence-electron chi connectivity index (χ1n) is 12.0. The smallest absolute Gasteiger partial charge is 0.328 e. The molecule has 1 aliphatic carbocycles. The Labute approximate surface area is 190 Å². The molecule has 2 fully saturated rings. The lowest BCUT2D eigenvalue weighted by Gasteiger charge is -2.46. The lowest BCUT2D eigenvalue weighted by atomic mass is 9.83. The van der Waals surface area contributed by atoms with Crippen LogP contribution in [0.1, 0.15) is 58.8 Å². The van der Waals surface area contributed by atoms with Crippen LogP contribution in [0.15, 0.2) is 29.3 Å². The third-order valence-corrected chi connectivity index (χ3v) is 6.79. The molecule has 2 aliphatic heterocycles. The summed E-state index contributed by atoms with van der Waals surface area (Å²) in [5.41, 5.74) is 1.69. The summed E-state index contributed by atoms with van der Waals surface area (Å²) in [4.78, 5) is 31.4. The van der Waals surface area contributed by atoms with Gasteiger partial charge in [0.1, 0.15) is 11.9 Å². The van der Waals surface area contributed by atoms with Crippen molar-refractivity contribution in [3.63, 3.8) is 0 Å². The number of ether oxygens (including phenoxy) is 1. The quantitative estimate of drug-likeness (QED) is 0.621. The van der Waals surface area contributed by atoms with E-state index in [9.17, 15) is 9.59 Å². The molecular formula is C24H35N5O3. The van der Waals surface area contributed by atoms with Gasteiger partial charge in [-0.1, -0.05) is 31.4 Å². The van der Waals surface area contributed by atoms with Gasteiger partial charge in [0.25, 0.3) is 0 Å². The van der Waals surface area contributed by atoms with Crippen LogP contribution in [0, 0.1) is 0 Å². The van der Waals surface area contributed by atoms with Crippen LogP contribution < -0.4 is 16.0 Å². The molecule has 8 nitrogen and oxygen atoms in total. The van der Waals surface area contributed by atoms with Crippen molar-refractivity contribution in [2.24, 2.45) is 4.99 Å². The minimum absolute atomic E-state index is 0.227. The zero-order valence-electron chi connectivity index (χ0n) is 19.2. The molecule has 1 aromatic rings. The third kappa shape index (κ3) is 4.84. The first kappa shape index (κ1) is 22.4. The number of carbonyl (C=O) groups is 2. The van der Waals surface area contributed by atoms with E-state index in [1.54, 1.807) is 18.7 Å². The molecule has 0 aromatic heterocycles. The number of nitrogens with zero attached hydrogens (tertiary/aromatic N) is 2. The van der Waals surface area contributed by atoms with Crippen molar-refractivity contribution in [1.29, 1.82) is 0 Å². The van der Waals surface area contributed by atoms with Crippen molar-refractivity contribution in [2.75, 3.05) is 25.0 Å². The number of esters is 1. The van der Waals surface area contributed by atoms with Crippen molar-refractivity contribution in [1.82, 2.24) is 15.5 Å². The standard InChI is InChI=1S/C24H35N5O3/c1-3-32-21(30)17(2)25-23(31)29-15-13-24(14-16-29)22(26-18-9-5-4-6-10-18)27-19-11-7-8-12-20(19)28-24/h7-8,11-12,17-18,28H,3-6,9-10,13-16H2,1-2H3,(H,25,31)(H,26,27). The van der Waals surface area contributed by atoms with Crippen molar-refractivity contribution >= 4 is 29.2 Å². The fourth-order valence-corrected chi connectivity index (χ4v) is 4.89. The number of rotatable bonds is 4. The van der Waals surface area contributed by atoms with Crippen LogP contribution in [0.4, 0.5) is 16.2 Å². The molecule has 32 heavy (non-hydrogen) atoms. The van der Waals surface area contributed by atoms with E-state index < -0.39 is 12.0 Å². The largest absolute Gasteiger partial charge is 0.464 e. The molecule has 2 heterocycles. The molecule has 8 heteroatoms. The van der Waals surface area contributed by atoms with Crippen LogP contribution in [0.2, 0.25) is 0 Å². The number of amides is 2. The number of urea groups is 1. The maximum Gasteiger partial charge on any atom is 0.328 e. The topological polar surface area (TPSA) is 95.1 Å². The van der Waals surface area contributed by atoms with Gasteiger partial charge in [-0.15, -0.1) is 0 Å². The summed E-state index contributed by atoms with van der Waals surface area (Å²) in [5, 5.41) is 10.3. The molecule has 1 saturated heterocycles. The lowest BCUT2D eigenvalue weighted by molar-refractivity contribution is -0.144. The molecular weight excluding hydrogens is 406 g/mol. The highest BCUT2D eigenvalue weighted by Crippen LogP contribution is 2.38. The first-order chi connectivity index (χ1) is 15.5. The van der Waals surface area contributed by atoms with Crippen molar-refractivity contribution in [2.45, 2.75) is 76.4 Å². The van der Waals surface area contributed by atoms with Gasteiger partial charge < -0.3 is 25.6 Å². The number of para-hydroxylation sites is 2. The van der Waals surface area contributed by atoms with Crippen LogP contribution in [-0.2, 0) is 9.53 Å². The van der Waals surface area contributed by atoms with Crippen LogP contribution >= 0.6 is 0 Å². The van der Waals surface area contributed by atoms with Gasteiger partial charge >= 0.3 is 12.0 Å². The average molecular weight is 442 g/mol. The Morgan fingerprint density at radius 3 is 2.66 bits per heavy atom. The van der Waals surface area contributed by atoms with Gasteiger partial charge in [-0.2, -0.15) is 0 Å². The highest BCUT2D eigenvalue weighted by Gasteiger charge is 2.43. The van der Waals surface area contributed by atoms with Crippen LogP contribution in [-0.4, -0.2) is 60.1 Å². The number of carbonyl (C=O) groups excluding carboxylic acids is 2. The Balaban J connectivity index is 1.45. The predicted octanol–water partition coefficient (Wildman–Crippen LogP) is 3.56. The van der Waals surface area contributed by atoms with Crippen LogP contribution in [0.3, 0.4) is 0 Å². The average Bonchev–Trinajstić information content (AvgIpc) is 2.81. The lowest BCUT2D eigenvalue weighted by Crippen LogP contribution is -2.62. The number of piperidine rings is 1. The summed E-state index contributed by atoms with van der Waals surface area (Å²) in [6, 6.07) is 7.71. The highest BCUT2D eigenvalue weighted by atomic mass is 16.5. The highest BCUT2D eigenvalue weighted by molar-refractivity contribution is 6.00. The minimum atomic E-state index is -0.664. The van der Waals surface area contributed by atoms with E-state index in [1.807, 2.05) is 18.2 Å². The van der Waals surface area contributed by atoms with E-state index in [1.165, 1.54) is 32.1 Å². The summed E-state index contributed by atoms with van der Waals surface area (Å²) >= 11 is 0. The van der Waals surface area contributed by atoms with Gasteiger partial charge in [-0.3, -0.25) is 0 Å². The SMILES string of the molecule is CCOC(=O)C(C)NC(=O)N1CCC2(CC1)Nc1ccccc1N=C2NC1CCCCC1. The van der Waals surface area contributed by atoms with E-state index in [2.05, 4.69) is 22.0 Å². The van der Waals surface area contributed by atoms with Gasteiger partial charge in [0.05, 0.1) is 23.5 Å². The molecule has 174 valence electrons. The van der Waals surface area contributed by atoms with E-state index in [0.717, 1.165) is 30.1 Å². The predicted molar refractivity (Wildman–Crippen MR) is 125 cm³/mol. The summed E-state index contributed by atoms with van der Waals surface area (Å²) in [6.45, 7) is 4.88. The Bertz CT molecular complexity index is 857. The van der Waals surface area contributed by atoms with Gasteiger partial charge in [-0.05, 0) is 51.7 Å². The number of amidine groups is 1. The molecule has 4 rings (SSSR count). The molecule has 1 saturated carbocycles. The van der Waals surface area contributed by atoms with Crippen LogP contribution in [0.5, 0.6) is 0 Å². The number of anilines is 1. The molecule has 1 atom stereocenters. The number of fused-ring (bicyclic) bond motifs is 1. The van der Waals surface area contributed by atoms with Gasteiger partial charge in [0, 0.05) is 19.1 Å². The molecule has 0 radical (unpaired) electrons. The Morgan fingerprint density at radius 2 is 1.94 bits per heavy atom. The number of hydrogen-bond acceptors (Lipinski definition) is 6. The maximum absolute atomic E-state index is 12.7. The van der Waals surface area contributed by atoms with E-state index in [0.29, 0.717) is 25.7 Å². The van der Waals surface area contributed by atoms with Gasteiger partial charge in [0.15, 0.2) is 0 Å². The molecule has 0 bridgehead atoms. The number of aliphatic imine (C=N–C) groups is 1. The molecule has 1 unspecified atom stereocenters. The van der Waals surface area contributed by atoms with Gasteiger partial charge in [0.2, 0.25) is 0 Å². The molecule has 3 N–H and O–H groups in total. The van der Waals surface area contributed by atoms with Crippen molar-refractivity contribution < 1.29 is 14.3 Å². The maximum atomic E-state index is 12.7. The number of likely N-dealkylation sites (tertiary alicyclic amines) is 1. The zero-order chi connectivity index (χ0) is 22.6. The zero-order valence-corrected chi connectivity index (χ0v) is 19.2. The minimum Gasteiger partial charge on any atom is -0.464 e. The van der Waals surface area contributed by atoms with Gasteiger partial charge in [-0.25, -0.2) is 14.6 Å². The normalized spacial score (nSPS) is 21.1. The monoisotopic (exact) mass is 441 g/mol.